The highest BCUT2D eigenvalue weighted by Gasteiger charge is 2.19. The highest BCUT2D eigenvalue weighted by molar-refractivity contribution is 7.07. The molecule has 3 amide bonds. The zero-order valence-electron chi connectivity index (χ0n) is 10.8. The van der Waals surface area contributed by atoms with E-state index >= 15 is 0 Å². The van der Waals surface area contributed by atoms with E-state index in [1.54, 1.807) is 6.92 Å². The number of nitrogens with one attached hydrogen (secondary N) is 2. The molecule has 104 valence electrons. The van der Waals surface area contributed by atoms with Gasteiger partial charge in [-0.3, -0.25) is 14.9 Å². The predicted molar refractivity (Wildman–Crippen MR) is 70.8 cm³/mol. The Morgan fingerprint density at radius 2 is 2.16 bits per heavy atom. The van der Waals surface area contributed by atoms with E-state index in [4.69, 9.17) is 4.74 Å². The van der Waals surface area contributed by atoms with Crippen molar-refractivity contribution in [2.24, 2.45) is 0 Å². The van der Waals surface area contributed by atoms with Crippen LogP contribution in [0.3, 0.4) is 0 Å². The molecule has 2 N–H and O–H groups in total. The molecule has 19 heavy (non-hydrogen) atoms. The second kappa shape index (κ2) is 7.52. The molecular formula is C12H16N2O4S. The number of urea groups is 1. The minimum atomic E-state index is -1.01. The van der Waals surface area contributed by atoms with Crippen molar-refractivity contribution >= 4 is 29.2 Å². The van der Waals surface area contributed by atoms with Gasteiger partial charge in [-0.15, -0.1) is 0 Å². The van der Waals surface area contributed by atoms with Gasteiger partial charge < -0.3 is 10.1 Å². The number of ether oxygens (including phenoxy) is 1. The van der Waals surface area contributed by atoms with Gasteiger partial charge >= 0.3 is 12.0 Å². The molecule has 1 unspecified atom stereocenters. The summed E-state index contributed by atoms with van der Waals surface area (Å²) in [6, 6.07) is 1.21. The Morgan fingerprint density at radius 3 is 2.74 bits per heavy atom. The molecule has 0 aliphatic heterocycles. The summed E-state index contributed by atoms with van der Waals surface area (Å²) >= 11 is 1.48. The molecular weight excluding hydrogens is 268 g/mol. The predicted octanol–water partition coefficient (Wildman–Crippen LogP) is 1.07. The maximum Gasteiger partial charge on any atom is 0.321 e. The van der Waals surface area contributed by atoms with Gasteiger partial charge in [0.2, 0.25) is 0 Å². The van der Waals surface area contributed by atoms with Crippen LogP contribution in [-0.4, -0.2) is 30.6 Å². The minimum Gasteiger partial charge on any atom is -0.452 e. The van der Waals surface area contributed by atoms with E-state index in [0.29, 0.717) is 6.54 Å². The van der Waals surface area contributed by atoms with E-state index in [9.17, 15) is 14.4 Å². The number of imide groups is 1. The SMILES string of the molecule is CCNC(=O)NC(=O)C(C)OC(=O)Cc1ccsc1. The molecule has 0 fully saturated rings. The molecule has 0 aliphatic carbocycles. The van der Waals surface area contributed by atoms with Crippen LogP contribution in [0.1, 0.15) is 19.4 Å². The van der Waals surface area contributed by atoms with Gasteiger partial charge in [0.15, 0.2) is 6.10 Å². The second-order valence-corrected chi connectivity index (χ2v) is 4.57. The molecule has 0 radical (unpaired) electrons. The van der Waals surface area contributed by atoms with E-state index in [2.05, 4.69) is 10.6 Å². The zero-order chi connectivity index (χ0) is 14.3. The number of carbonyl (C=O) groups is 3. The molecule has 1 aromatic heterocycles. The number of rotatable bonds is 5. The summed E-state index contributed by atoms with van der Waals surface area (Å²) in [5.74, 6) is -1.15. The lowest BCUT2D eigenvalue weighted by atomic mass is 10.2. The molecule has 1 heterocycles. The summed E-state index contributed by atoms with van der Waals surface area (Å²) < 4.78 is 4.94. The number of hydrogen-bond acceptors (Lipinski definition) is 5. The van der Waals surface area contributed by atoms with Crippen molar-refractivity contribution in [3.05, 3.63) is 22.4 Å². The Hall–Kier alpha value is -1.89. The molecule has 0 aliphatic rings. The molecule has 0 aromatic carbocycles. The molecule has 0 spiro atoms. The van der Waals surface area contributed by atoms with Gasteiger partial charge in [-0.2, -0.15) is 11.3 Å². The molecule has 1 atom stereocenters. The van der Waals surface area contributed by atoms with E-state index in [0.717, 1.165) is 5.56 Å². The van der Waals surface area contributed by atoms with E-state index in [1.165, 1.54) is 18.3 Å². The third-order valence-corrected chi connectivity index (χ3v) is 2.91. The Bertz CT molecular complexity index is 445. The lowest BCUT2D eigenvalue weighted by Crippen LogP contribution is -2.44. The fraction of sp³-hybridized carbons (Fsp3) is 0.417. The van der Waals surface area contributed by atoms with Gasteiger partial charge in [-0.25, -0.2) is 4.79 Å². The van der Waals surface area contributed by atoms with Crippen LogP contribution in [0.2, 0.25) is 0 Å². The molecule has 0 bridgehead atoms. The van der Waals surface area contributed by atoms with Gasteiger partial charge in [0.05, 0.1) is 6.42 Å². The Morgan fingerprint density at radius 1 is 1.42 bits per heavy atom. The maximum atomic E-state index is 11.5. The number of hydrogen-bond donors (Lipinski definition) is 2. The van der Waals surface area contributed by atoms with Crippen LogP contribution in [0.25, 0.3) is 0 Å². The fourth-order valence-electron chi connectivity index (χ4n) is 1.27. The normalized spacial score (nSPS) is 11.5. The van der Waals surface area contributed by atoms with Crippen LogP contribution in [0.15, 0.2) is 16.8 Å². The Balaban J connectivity index is 2.37. The molecule has 0 saturated heterocycles. The van der Waals surface area contributed by atoms with E-state index in [-0.39, 0.29) is 6.42 Å². The molecule has 0 saturated carbocycles. The average Bonchev–Trinajstić information content (AvgIpc) is 2.81. The van der Waals surface area contributed by atoms with Crippen molar-refractivity contribution in [2.75, 3.05) is 6.54 Å². The fourth-order valence-corrected chi connectivity index (χ4v) is 1.94. The van der Waals surface area contributed by atoms with Crippen LogP contribution >= 0.6 is 11.3 Å². The summed E-state index contributed by atoms with van der Waals surface area (Å²) in [6.45, 7) is 3.56. The largest absolute Gasteiger partial charge is 0.452 e. The van der Waals surface area contributed by atoms with Gasteiger partial charge in [0.25, 0.3) is 5.91 Å². The number of carbonyl (C=O) groups excluding carboxylic acids is 3. The first-order valence-electron chi connectivity index (χ1n) is 5.82. The second-order valence-electron chi connectivity index (χ2n) is 3.79. The maximum absolute atomic E-state index is 11.5. The van der Waals surface area contributed by atoms with Crippen molar-refractivity contribution in [3.63, 3.8) is 0 Å². The van der Waals surface area contributed by atoms with Crippen molar-refractivity contribution < 1.29 is 19.1 Å². The smallest absolute Gasteiger partial charge is 0.321 e. The van der Waals surface area contributed by atoms with Crippen LogP contribution in [0.4, 0.5) is 4.79 Å². The monoisotopic (exact) mass is 284 g/mol. The average molecular weight is 284 g/mol. The van der Waals surface area contributed by atoms with Crippen molar-refractivity contribution in [1.82, 2.24) is 10.6 Å². The van der Waals surface area contributed by atoms with Crippen LogP contribution in [-0.2, 0) is 20.7 Å². The standard InChI is InChI=1S/C12H16N2O4S/c1-3-13-12(17)14-11(16)8(2)18-10(15)6-9-4-5-19-7-9/h4-5,7-8H,3,6H2,1-2H3,(H2,13,14,16,17). The summed E-state index contributed by atoms with van der Waals surface area (Å²) in [6.07, 6.45) is -0.892. The highest BCUT2D eigenvalue weighted by Crippen LogP contribution is 2.08. The van der Waals surface area contributed by atoms with Gasteiger partial charge in [0, 0.05) is 6.54 Å². The lowest BCUT2D eigenvalue weighted by molar-refractivity contribution is -0.153. The summed E-state index contributed by atoms with van der Waals surface area (Å²) in [5.41, 5.74) is 0.839. The quantitative estimate of drug-likeness (QED) is 0.792. The first kappa shape index (κ1) is 15.2. The third-order valence-electron chi connectivity index (χ3n) is 2.18. The van der Waals surface area contributed by atoms with Crippen LogP contribution < -0.4 is 10.6 Å². The zero-order valence-corrected chi connectivity index (χ0v) is 11.6. The van der Waals surface area contributed by atoms with Crippen molar-refractivity contribution in [3.8, 4) is 0 Å². The van der Waals surface area contributed by atoms with E-state index in [1.807, 2.05) is 16.8 Å². The topological polar surface area (TPSA) is 84.5 Å². The summed E-state index contributed by atoms with van der Waals surface area (Å²) in [7, 11) is 0. The van der Waals surface area contributed by atoms with E-state index < -0.39 is 24.0 Å². The van der Waals surface area contributed by atoms with Gasteiger partial charge in [0.1, 0.15) is 0 Å². The summed E-state index contributed by atoms with van der Waals surface area (Å²) in [5, 5.41) is 8.18. The number of thiophene rings is 1. The Labute approximate surface area is 115 Å². The molecule has 6 nitrogen and oxygen atoms in total. The highest BCUT2D eigenvalue weighted by atomic mass is 32.1. The van der Waals surface area contributed by atoms with Crippen molar-refractivity contribution in [1.29, 1.82) is 0 Å². The van der Waals surface area contributed by atoms with Crippen molar-refractivity contribution in [2.45, 2.75) is 26.4 Å². The molecule has 1 aromatic rings. The number of amides is 3. The van der Waals surface area contributed by atoms with Gasteiger partial charge in [-0.05, 0) is 36.2 Å². The van der Waals surface area contributed by atoms with Crippen LogP contribution in [0.5, 0.6) is 0 Å². The molecule has 7 heteroatoms. The first-order chi connectivity index (χ1) is 9.02. The van der Waals surface area contributed by atoms with Crippen LogP contribution in [0, 0.1) is 0 Å². The van der Waals surface area contributed by atoms with Gasteiger partial charge in [-0.1, -0.05) is 0 Å². The third kappa shape index (κ3) is 5.52. The number of esters is 1. The minimum absolute atomic E-state index is 0.113. The summed E-state index contributed by atoms with van der Waals surface area (Å²) in [4.78, 5) is 34.2. The lowest BCUT2D eigenvalue weighted by Gasteiger charge is -2.12. The Kier molecular flexibility index (Phi) is 6.01. The first-order valence-corrected chi connectivity index (χ1v) is 6.76. The molecule has 1 rings (SSSR count).